The van der Waals surface area contributed by atoms with Crippen LogP contribution in [0.4, 0.5) is 0 Å². The third-order valence-electron chi connectivity index (χ3n) is 2.25. The van der Waals surface area contributed by atoms with Gasteiger partial charge in [0, 0.05) is 6.26 Å². The monoisotopic (exact) mass is 239 g/mol. The Hall–Kier alpha value is -1.54. The summed E-state index contributed by atoms with van der Waals surface area (Å²) in [7, 11) is -1.80. The largest absolute Gasteiger partial charge is 0.496 e. The number of aryl methyl sites for hydroxylation is 1. The van der Waals surface area contributed by atoms with Gasteiger partial charge in [-0.1, -0.05) is 0 Å². The van der Waals surface area contributed by atoms with Gasteiger partial charge in [0.25, 0.3) is 0 Å². The molecule has 0 saturated carbocycles. The van der Waals surface area contributed by atoms with Crippen LogP contribution in [-0.2, 0) is 16.3 Å². The number of nitrogens with zero attached hydrogens (tertiary/aromatic N) is 1. The van der Waals surface area contributed by atoms with Gasteiger partial charge in [0.15, 0.2) is 9.84 Å². The van der Waals surface area contributed by atoms with E-state index in [-0.39, 0.29) is 11.3 Å². The number of nitriles is 1. The van der Waals surface area contributed by atoms with Crippen molar-refractivity contribution in [2.75, 3.05) is 13.4 Å². The summed E-state index contributed by atoms with van der Waals surface area (Å²) in [4.78, 5) is 0.201. The van der Waals surface area contributed by atoms with E-state index in [1.54, 1.807) is 19.1 Å². The summed E-state index contributed by atoms with van der Waals surface area (Å²) in [6.45, 7) is 1.77. The molecular formula is C11H13NO3S. The molecule has 86 valence electrons. The lowest BCUT2D eigenvalue weighted by atomic mass is 10.1. The Morgan fingerprint density at radius 1 is 1.44 bits per heavy atom. The Morgan fingerprint density at radius 2 is 2.06 bits per heavy atom. The van der Waals surface area contributed by atoms with E-state index in [4.69, 9.17) is 10.00 Å². The maximum Gasteiger partial charge on any atom is 0.175 e. The maximum absolute atomic E-state index is 11.5. The number of ether oxygens (including phenoxy) is 1. The molecule has 0 fully saturated rings. The van der Waals surface area contributed by atoms with Crippen LogP contribution in [0.1, 0.15) is 11.1 Å². The van der Waals surface area contributed by atoms with E-state index >= 15 is 0 Å². The van der Waals surface area contributed by atoms with Gasteiger partial charge in [0.1, 0.15) is 5.75 Å². The molecular weight excluding hydrogens is 226 g/mol. The molecule has 1 rings (SSSR count). The smallest absolute Gasteiger partial charge is 0.175 e. The molecule has 0 unspecified atom stereocenters. The molecule has 0 aliphatic carbocycles. The zero-order chi connectivity index (χ0) is 12.3. The molecule has 16 heavy (non-hydrogen) atoms. The summed E-state index contributed by atoms with van der Waals surface area (Å²) in [5, 5.41) is 8.66. The fourth-order valence-electron chi connectivity index (χ4n) is 1.49. The number of hydrogen-bond acceptors (Lipinski definition) is 4. The molecule has 0 aliphatic rings. The summed E-state index contributed by atoms with van der Waals surface area (Å²) < 4.78 is 28.2. The predicted molar refractivity (Wildman–Crippen MR) is 60.2 cm³/mol. The van der Waals surface area contributed by atoms with Crippen LogP contribution in [0.25, 0.3) is 0 Å². The molecule has 0 aliphatic heterocycles. The molecule has 0 saturated heterocycles. The minimum Gasteiger partial charge on any atom is -0.496 e. The molecule has 0 amide bonds. The minimum absolute atomic E-state index is 0.0546. The maximum atomic E-state index is 11.5. The van der Waals surface area contributed by atoms with Crippen molar-refractivity contribution in [3.63, 3.8) is 0 Å². The van der Waals surface area contributed by atoms with Crippen molar-refractivity contribution in [3.05, 3.63) is 23.3 Å². The number of hydrogen-bond donors (Lipinski definition) is 0. The lowest BCUT2D eigenvalue weighted by Gasteiger charge is -2.10. The Kier molecular flexibility index (Phi) is 3.55. The zero-order valence-electron chi connectivity index (χ0n) is 9.44. The lowest BCUT2D eigenvalue weighted by Crippen LogP contribution is -2.04. The van der Waals surface area contributed by atoms with Crippen molar-refractivity contribution < 1.29 is 13.2 Å². The van der Waals surface area contributed by atoms with Crippen LogP contribution in [0.15, 0.2) is 17.0 Å². The van der Waals surface area contributed by atoms with E-state index in [0.717, 1.165) is 11.8 Å². The SMILES string of the molecule is COc1cc(CC#N)c(S(C)(=O)=O)cc1C. The Morgan fingerprint density at radius 3 is 2.50 bits per heavy atom. The predicted octanol–water partition coefficient (Wildman–Crippen LogP) is 1.47. The summed E-state index contributed by atoms with van der Waals surface area (Å²) >= 11 is 0. The average Bonchev–Trinajstić information content (AvgIpc) is 2.19. The fourth-order valence-corrected chi connectivity index (χ4v) is 2.49. The van der Waals surface area contributed by atoms with Gasteiger partial charge in [0.2, 0.25) is 0 Å². The van der Waals surface area contributed by atoms with Gasteiger partial charge in [0.05, 0.1) is 24.5 Å². The van der Waals surface area contributed by atoms with Crippen molar-refractivity contribution in [1.82, 2.24) is 0 Å². The first-order chi connectivity index (χ1) is 7.40. The van der Waals surface area contributed by atoms with Crippen LogP contribution in [0.5, 0.6) is 5.75 Å². The third kappa shape index (κ3) is 2.52. The Labute approximate surface area is 95.4 Å². The van der Waals surface area contributed by atoms with E-state index in [1.807, 2.05) is 6.07 Å². The Bertz CT molecular complexity index is 541. The molecule has 0 bridgehead atoms. The quantitative estimate of drug-likeness (QED) is 0.801. The second-order valence-corrected chi connectivity index (χ2v) is 5.52. The first kappa shape index (κ1) is 12.5. The topological polar surface area (TPSA) is 67.2 Å². The van der Waals surface area contributed by atoms with Crippen LogP contribution in [0.2, 0.25) is 0 Å². The minimum atomic E-state index is -3.31. The molecule has 5 heteroatoms. The van der Waals surface area contributed by atoms with Crippen molar-refractivity contribution in [2.45, 2.75) is 18.2 Å². The van der Waals surface area contributed by atoms with E-state index in [9.17, 15) is 8.42 Å². The van der Waals surface area contributed by atoms with E-state index in [2.05, 4.69) is 0 Å². The van der Waals surface area contributed by atoms with Crippen LogP contribution in [0, 0.1) is 18.3 Å². The van der Waals surface area contributed by atoms with Crippen molar-refractivity contribution in [3.8, 4) is 11.8 Å². The molecule has 0 N–H and O–H groups in total. The van der Waals surface area contributed by atoms with Gasteiger partial charge in [-0.2, -0.15) is 5.26 Å². The highest BCUT2D eigenvalue weighted by molar-refractivity contribution is 7.90. The van der Waals surface area contributed by atoms with Gasteiger partial charge in [-0.25, -0.2) is 8.42 Å². The van der Waals surface area contributed by atoms with Crippen LogP contribution < -0.4 is 4.74 Å². The highest BCUT2D eigenvalue weighted by Gasteiger charge is 2.15. The van der Waals surface area contributed by atoms with Crippen LogP contribution >= 0.6 is 0 Å². The molecule has 0 radical (unpaired) electrons. The first-order valence-corrected chi connectivity index (χ1v) is 6.53. The molecule has 0 spiro atoms. The standard InChI is InChI=1S/C11H13NO3S/c1-8-6-11(16(3,13)14)9(4-5-12)7-10(8)15-2/h6-7H,4H2,1-3H3. The van der Waals surface area contributed by atoms with Gasteiger partial charge >= 0.3 is 0 Å². The van der Waals surface area contributed by atoms with Crippen molar-refractivity contribution in [2.24, 2.45) is 0 Å². The number of rotatable bonds is 3. The average molecular weight is 239 g/mol. The van der Waals surface area contributed by atoms with E-state index in [0.29, 0.717) is 11.3 Å². The normalized spacial score (nSPS) is 10.9. The van der Waals surface area contributed by atoms with Gasteiger partial charge in [-0.3, -0.25) is 0 Å². The molecule has 0 heterocycles. The number of methoxy groups -OCH3 is 1. The molecule has 4 nitrogen and oxygen atoms in total. The van der Waals surface area contributed by atoms with Gasteiger partial charge < -0.3 is 4.74 Å². The molecule has 0 aromatic heterocycles. The second-order valence-electron chi connectivity index (χ2n) is 3.54. The van der Waals surface area contributed by atoms with Crippen LogP contribution in [0.3, 0.4) is 0 Å². The van der Waals surface area contributed by atoms with Gasteiger partial charge in [-0.15, -0.1) is 0 Å². The van der Waals surface area contributed by atoms with E-state index in [1.165, 1.54) is 7.11 Å². The summed E-state index contributed by atoms with van der Waals surface area (Å²) in [5.41, 5.74) is 1.22. The van der Waals surface area contributed by atoms with Crippen molar-refractivity contribution in [1.29, 1.82) is 5.26 Å². The molecule has 1 aromatic rings. The molecule has 1 aromatic carbocycles. The van der Waals surface area contributed by atoms with Gasteiger partial charge in [-0.05, 0) is 30.2 Å². The van der Waals surface area contributed by atoms with Crippen LogP contribution in [-0.4, -0.2) is 21.8 Å². The second kappa shape index (κ2) is 4.54. The summed E-state index contributed by atoms with van der Waals surface area (Å²) in [5.74, 6) is 0.595. The number of sulfone groups is 1. The molecule has 0 atom stereocenters. The lowest BCUT2D eigenvalue weighted by molar-refractivity contribution is 0.410. The number of benzene rings is 1. The summed E-state index contributed by atoms with van der Waals surface area (Å²) in [6, 6.07) is 5.10. The zero-order valence-corrected chi connectivity index (χ0v) is 10.3. The van der Waals surface area contributed by atoms with E-state index < -0.39 is 9.84 Å². The fraction of sp³-hybridized carbons (Fsp3) is 0.364. The highest BCUT2D eigenvalue weighted by Crippen LogP contribution is 2.26. The first-order valence-electron chi connectivity index (χ1n) is 4.64. The van der Waals surface area contributed by atoms with Crippen molar-refractivity contribution >= 4 is 9.84 Å². The third-order valence-corrected chi connectivity index (χ3v) is 3.43. The Balaban J connectivity index is 3.50. The summed E-state index contributed by atoms with van der Waals surface area (Å²) in [6.07, 6.45) is 1.19. The highest BCUT2D eigenvalue weighted by atomic mass is 32.2.